The lowest BCUT2D eigenvalue weighted by atomic mass is 10.1. The zero-order chi connectivity index (χ0) is 13.5. The third-order valence-corrected chi connectivity index (χ3v) is 2.35. The van der Waals surface area contributed by atoms with E-state index < -0.39 is 0 Å². The maximum absolute atomic E-state index is 11.5. The molecule has 0 heterocycles. The van der Waals surface area contributed by atoms with Crippen LogP contribution in [0, 0.1) is 5.92 Å². The number of nitrogens with zero attached hydrogens (tertiary/aromatic N) is 1. The van der Waals surface area contributed by atoms with Gasteiger partial charge < -0.3 is 16.3 Å². The molecule has 1 aromatic rings. The molecule has 98 valence electrons. The van der Waals surface area contributed by atoms with Crippen LogP contribution < -0.4 is 11.1 Å². The van der Waals surface area contributed by atoms with Crippen molar-refractivity contribution in [2.24, 2.45) is 16.8 Å². The van der Waals surface area contributed by atoms with Gasteiger partial charge in [0.05, 0.1) is 0 Å². The highest BCUT2D eigenvalue weighted by atomic mass is 16.4. The van der Waals surface area contributed by atoms with E-state index in [1.165, 1.54) is 0 Å². The van der Waals surface area contributed by atoms with Gasteiger partial charge in [0.1, 0.15) is 5.84 Å². The number of hydrogen-bond donors (Lipinski definition) is 3. The van der Waals surface area contributed by atoms with Crippen molar-refractivity contribution in [2.75, 3.05) is 5.32 Å². The second-order valence-electron chi connectivity index (χ2n) is 4.61. The van der Waals surface area contributed by atoms with Crippen LogP contribution >= 0.6 is 0 Å². The Balaban J connectivity index is 2.57. The quantitative estimate of drug-likeness (QED) is 0.322. The van der Waals surface area contributed by atoms with Gasteiger partial charge >= 0.3 is 0 Å². The summed E-state index contributed by atoms with van der Waals surface area (Å²) in [4.78, 5) is 11.5. The first-order valence-electron chi connectivity index (χ1n) is 5.86. The van der Waals surface area contributed by atoms with Crippen molar-refractivity contribution in [2.45, 2.75) is 26.7 Å². The molecule has 1 amide bonds. The average molecular weight is 249 g/mol. The summed E-state index contributed by atoms with van der Waals surface area (Å²) < 4.78 is 0. The second kappa shape index (κ2) is 6.64. The number of benzene rings is 1. The van der Waals surface area contributed by atoms with Crippen molar-refractivity contribution >= 4 is 17.4 Å². The predicted molar refractivity (Wildman–Crippen MR) is 71.6 cm³/mol. The lowest BCUT2D eigenvalue weighted by molar-refractivity contribution is -0.116. The Morgan fingerprint density at radius 2 is 2.00 bits per heavy atom. The first-order valence-corrected chi connectivity index (χ1v) is 5.86. The zero-order valence-corrected chi connectivity index (χ0v) is 10.7. The molecule has 0 saturated heterocycles. The maximum Gasteiger partial charge on any atom is 0.224 e. The summed E-state index contributed by atoms with van der Waals surface area (Å²) in [6.45, 7) is 4.00. The number of anilines is 1. The Labute approximate surface area is 107 Å². The monoisotopic (exact) mass is 249 g/mol. The van der Waals surface area contributed by atoms with Crippen molar-refractivity contribution < 1.29 is 10.0 Å². The van der Waals surface area contributed by atoms with Gasteiger partial charge in [-0.15, -0.1) is 0 Å². The Morgan fingerprint density at radius 3 is 2.50 bits per heavy atom. The summed E-state index contributed by atoms with van der Waals surface area (Å²) in [5.41, 5.74) is 7.09. The number of rotatable bonds is 5. The van der Waals surface area contributed by atoms with Crippen molar-refractivity contribution in [3.63, 3.8) is 0 Å². The molecular formula is C13H19N3O2. The van der Waals surface area contributed by atoms with Gasteiger partial charge in [-0.3, -0.25) is 4.79 Å². The van der Waals surface area contributed by atoms with Crippen molar-refractivity contribution in [1.82, 2.24) is 0 Å². The molecule has 0 aliphatic heterocycles. The zero-order valence-electron chi connectivity index (χ0n) is 10.7. The number of carbonyl (C=O) groups excluding carboxylic acids is 1. The molecule has 0 radical (unpaired) electrons. The molecule has 0 spiro atoms. The van der Waals surface area contributed by atoms with Gasteiger partial charge in [-0.1, -0.05) is 31.1 Å². The summed E-state index contributed by atoms with van der Waals surface area (Å²) >= 11 is 0. The number of hydrogen-bond acceptors (Lipinski definition) is 3. The Morgan fingerprint density at radius 1 is 1.39 bits per heavy atom. The molecule has 18 heavy (non-hydrogen) atoms. The fourth-order valence-corrected chi connectivity index (χ4v) is 1.53. The summed E-state index contributed by atoms with van der Waals surface area (Å²) in [7, 11) is 0. The molecular weight excluding hydrogens is 230 g/mol. The molecule has 0 atom stereocenters. The van der Waals surface area contributed by atoms with Crippen molar-refractivity contribution in [1.29, 1.82) is 0 Å². The fraction of sp³-hybridized carbons (Fsp3) is 0.385. The number of carbonyl (C=O) groups is 1. The van der Waals surface area contributed by atoms with Crippen molar-refractivity contribution in [3.05, 3.63) is 29.8 Å². The van der Waals surface area contributed by atoms with Crippen LogP contribution in [0.15, 0.2) is 29.4 Å². The molecule has 0 unspecified atom stereocenters. The highest BCUT2D eigenvalue weighted by molar-refractivity contribution is 5.90. The van der Waals surface area contributed by atoms with Crippen molar-refractivity contribution in [3.8, 4) is 0 Å². The molecule has 0 aliphatic carbocycles. The molecule has 4 N–H and O–H groups in total. The van der Waals surface area contributed by atoms with E-state index in [1.54, 1.807) is 12.1 Å². The normalized spacial score (nSPS) is 11.6. The predicted octanol–water partition coefficient (Wildman–Crippen LogP) is 1.96. The van der Waals surface area contributed by atoms with E-state index in [1.807, 2.05) is 26.0 Å². The van der Waals surface area contributed by atoms with Crippen LogP contribution in [-0.4, -0.2) is 17.0 Å². The summed E-state index contributed by atoms with van der Waals surface area (Å²) in [5, 5.41) is 14.2. The Hall–Kier alpha value is -2.04. The van der Waals surface area contributed by atoms with E-state index in [-0.39, 0.29) is 11.7 Å². The van der Waals surface area contributed by atoms with Crippen LogP contribution in [0.25, 0.3) is 0 Å². The average Bonchev–Trinajstić information content (AvgIpc) is 2.30. The standard InChI is InChI=1S/C13H19N3O2/c1-9(2)7-13(17)15-11-5-3-10(4-6-11)8-12(14)16-18/h3-6,9,18H,7-8H2,1-2H3,(H2,14,16)(H,15,17). The number of oxime groups is 1. The van der Waals surface area contributed by atoms with E-state index in [0.29, 0.717) is 18.8 Å². The summed E-state index contributed by atoms with van der Waals surface area (Å²) in [5.74, 6) is 0.505. The van der Waals surface area contributed by atoms with E-state index in [9.17, 15) is 4.79 Å². The highest BCUT2D eigenvalue weighted by Crippen LogP contribution is 2.11. The number of nitrogens with one attached hydrogen (secondary N) is 1. The number of amides is 1. The molecule has 0 bridgehead atoms. The van der Waals surface area contributed by atoms with Gasteiger partial charge in [-0.25, -0.2) is 0 Å². The van der Waals surface area contributed by atoms with Gasteiger partial charge in [-0.2, -0.15) is 0 Å². The SMILES string of the molecule is CC(C)CC(=O)Nc1ccc(C/C(N)=N/O)cc1. The molecule has 1 aromatic carbocycles. The van der Waals surface area contributed by atoms with Crippen LogP contribution in [0.4, 0.5) is 5.69 Å². The molecule has 5 nitrogen and oxygen atoms in total. The first-order chi connectivity index (χ1) is 8.51. The van der Waals surface area contributed by atoms with Gasteiger partial charge in [-0.05, 0) is 23.6 Å². The summed E-state index contributed by atoms with van der Waals surface area (Å²) in [6.07, 6.45) is 0.891. The van der Waals surface area contributed by atoms with Gasteiger partial charge in [0.15, 0.2) is 0 Å². The molecule has 0 saturated carbocycles. The molecule has 5 heteroatoms. The maximum atomic E-state index is 11.5. The van der Waals surface area contributed by atoms with Crippen LogP contribution in [-0.2, 0) is 11.2 Å². The van der Waals surface area contributed by atoms with Gasteiger partial charge in [0.2, 0.25) is 5.91 Å². The first kappa shape index (κ1) is 14.0. The summed E-state index contributed by atoms with van der Waals surface area (Å²) in [6, 6.07) is 7.28. The molecule has 1 rings (SSSR count). The Bertz CT molecular complexity index is 424. The molecule has 0 aromatic heterocycles. The third kappa shape index (κ3) is 4.86. The highest BCUT2D eigenvalue weighted by Gasteiger charge is 2.05. The fourth-order valence-electron chi connectivity index (χ4n) is 1.53. The van der Waals surface area contributed by atoms with Gasteiger partial charge in [0.25, 0.3) is 0 Å². The van der Waals surface area contributed by atoms with Gasteiger partial charge in [0, 0.05) is 18.5 Å². The second-order valence-corrected chi connectivity index (χ2v) is 4.61. The largest absolute Gasteiger partial charge is 0.409 e. The van der Waals surface area contributed by atoms with E-state index in [0.717, 1.165) is 11.3 Å². The van der Waals surface area contributed by atoms with E-state index >= 15 is 0 Å². The van der Waals surface area contributed by atoms with Crippen LogP contribution in [0.2, 0.25) is 0 Å². The molecule has 0 fully saturated rings. The number of nitrogens with two attached hydrogens (primary N) is 1. The smallest absolute Gasteiger partial charge is 0.224 e. The number of amidine groups is 1. The minimum absolute atomic E-state index is 0.00850. The third-order valence-electron chi connectivity index (χ3n) is 2.35. The lowest BCUT2D eigenvalue weighted by Gasteiger charge is -2.07. The minimum atomic E-state index is 0.00850. The van der Waals surface area contributed by atoms with E-state index in [2.05, 4.69) is 10.5 Å². The van der Waals surface area contributed by atoms with Crippen LogP contribution in [0.5, 0.6) is 0 Å². The van der Waals surface area contributed by atoms with Crippen LogP contribution in [0.3, 0.4) is 0 Å². The van der Waals surface area contributed by atoms with Crippen LogP contribution in [0.1, 0.15) is 25.8 Å². The Kier molecular flexibility index (Phi) is 5.17. The molecule has 0 aliphatic rings. The minimum Gasteiger partial charge on any atom is -0.409 e. The topological polar surface area (TPSA) is 87.7 Å². The lowest BCUT2D eigenvalue weighted by Crippen LogP contribution is -2.15. The van der Waals surface area contributed by atoms with E-state index in [4.69, 9.17) is 10.9 Å².